The van der Waals surface area contributed by atoms with Crippen molar-refractivity contribution in [3.63, 3.8) is 0 Å². The summed E-state index contributed by atoms with van der Waals surface area (Å²) in [5, 5.41) is 33.8. The highest BCUT2D eigenvalue weighted by molar-refractivity contribution is 5.98. The van der Waals surface area contributed by atoms with E-state index in [1.165, 1.54) is 45.2 Å². The SMILES string of the molecule is CCOC(=O)c1cnn(C)c1/N=N/c1c(C)nn(-c2nc(OC)nc(-n3nc(C)c(/N=N/c4c(C(C)=O)cnn4C)c3N)n2)c1N. The summed E-state index contributed by atoms with van der Waals surface area (Å²) < 4.78 is 15.6. The number of ether oxygens (including phenoxy) is 2. The average Bonchev–Trinajstić information content (AvgIpc) is 3.74. The molecule has 0 aliphatic carbocycles. The Labute approximate surface area is 260 Å². The van der Waals surface area contributed by atoms with Crippen LogP contribution in [0.3, 0.4) is 0 Å². The van der Waals surface area contributed by atoms with Crippen LogP contribution in [0, 0.1) is 13.8 Å². The van der Waals surface area contributed by atoms with Crippen LogP contribution in [0.25, 0.3) is 11.9 Å². The van der Waals surface area contributed by atoms with Gasteiger partial charge >= 0.3 is 12.0 Å². The molecular formula is C25H29N17O4. The van der Waals surface area contributed by atoms with E-state index >= 15 is 0 Å². The number of nitrogen functional groups attached to an aromatic ring is 2. The molecule has 21 nitrogen and oxygen atoms in total. The highest BCUT2D eigenvalue weighted by atomic mass is 16.5. The second kappa shape index (κ2) is 12.3. The fourth-order valence-electron chi connectivity index (χ4n) is 4.14. The van der Waals surface area contributed by atoms with Gasteiger partial charge in [0.15, 0.2) is 40.4 Å². The maximum absolute atomic E-state index is 12.3. The van der Waals surface area contributed by atoms with Crippen LogP contribution in [0.4, 0.5) is 34.6 Å². The lowest BCUT2D eigenvalue weighted by atomic mass is 10.2. The van der Waals surface area contributed by atoms with E-state index in [1.54, 1.807) is 34.9 Å². The summed E-state index contributed by atoms with van der Waals surface area (Å²) >= 11 is 0. The maximum Gasteiger partial charge on any atom is 0.343 e. The highest BCUT2D eigenvalue weighted by Gasteiger charge is 2.23. The minimum absolute atomic E-state index is 0.0249. The van der Waals surface area contributed by atoms with Gasteiger partial charge in [-0.15, -0.1) is 20.5 Å². The predicted octanol–water partition coefficient (Wildman–Crippen LogP) is 2.71. The number of esters is 1. The molecule has 0 fully saturated rings. The van der Waals surface area contributed by atoms with E-state index in [9.17, 15) is 9.59 Å². The summed E-state index contributed by atoms with van der Waals surface area (Å²) in [4.78, 5) is 37.3. The zero-order chi connectivity index (χ0) is 33.3. The van der Waals surface area contributed by atoms with Crippen LogP contribution < -0.4 is 16.2 Å². The third-order valence-electron chi connectivity index (χ3n) is 6.46. The number of carbonyl (C=O) groups is 2. The number of nitrogens with zero attached hydrogens (tertiary/aromatic N) is 15. The molecule has 5 aromatic heterocycles. The van der Waals surface area contributed by atoms with Gasteiger partial charge in [0.25, 0.3) is 11.9 Å². The third-order valence-corrected chi connectivity index (χ3v) is 6.46. The fourth-order valence-corrected chi connectivity index (χ4v) is 4.14. The van der Waals surface area contributed by atoms with Gasteiger partial charge in [0.05, 0.1) is 43.1 Å². The minimum atomic E-state index is -0.592. The van der Waals surface area contributed by atoms with E-state index in [2.05, 4.69) is 55.8 Å². The first-order valence-electron chi connectivity index (χ1n) is 13.5. The Hall–Kier alpha value is -6.41. The van der Waals surface area contributed by atoms with Gasteiger partial charge in [-0.1, -0.05) is 0 Å². The molecule has 5 aromatic rings. The van der Waals surface area contributed by atoms with Crippen LogP contribution in [0.2, 0.25) is 0 Å². The van der Waals surface area contributed by atoms with Crippen molar-refractivity contribution in [2.45, 2.75) is 27.7 Å². The molecule has 46 heavy (non-hydrogen) atoms. The van der Waals surface area contributed by atoms with Gasteiger partial charge in [0.1, 0.15) is 5.56 Å². The van der Waals surface area contributed by atoms with Crippen LogP contribution in [0.5, 0.6) is 6.01 Å². The lowest BCUT2D eigenvalue weighted by Gasteiger charge is -2.08. The van der Waals surface area contributed by atoms with Crippen molar-refractivity contribution in [1.29, 1.82) is 0 Å². The smallest absolute Gasteiger partial charge is 0.343 e. The van der Waals surface area contributed by atoms with Crippen LogP contribution in [-0.2, 0) is 18.8 Å². The molecule has 0 aliphatic heterocycles. The molecule has 0 spiro atoms. The van der Waals surface area contributed by atoms with E-state index in [0.717, 1.165) is 0 Å². The number of hydrogen-bond acceptors (Lipinski definition) is 17. The molecule has 0 aliphatic rings. The first-order valence-corrected chi connectivity index (χ1v) is 13.5. The molecule has 238 valence electrons. The molecule has 0 atom stereocenters. The van der Waals surface area contributed by atoms with E-state index < -0.39 is 5.97 Å². The number of carbonyl (C=O) groups excluding carboxylic acids is 2. The lowest BCUT2D eigenvalue weighted by molar-refractivity contribution is 0.0527. The normalized spacial score (nSPS) is 11.6. The van der Waals surface area contributed by atoms with Gasteiger partial charge in [0.2, 0.25) is 0 Å². The molecule has 5 rings (SSSR count). The number of rotatable bonds is 10. The molecule has 21 heteroatoms. The first kappa shape index (κ1) is 31.0. The largest absolute Gasteiger partial charge is 0.467 e. The summed E-state index contributed by atoms with van der Waals surface area (Å²) in [6.07, 6.45) is 2.74. The molecule has 0 amide bonds. The topological polar surface area (TPSA) is 264 Å². The molecule has 0 saturated heterocycles. The zero-order valence-corrected chi connectivity index (χ0v) is 25.9. The van der Waals surface area contributed by atoms with E-state index in [0.29, 0.717) is 17.0 Å². The van der Waals surface area contributed by atoms with Crippen molar-refractivity contribution >= 4 is 46.4 Å². The van der Waals surface area contributed by atoms with Crippen molar-refractivity contribution in [1.82, 2.24) is 54.1 Å². The molecule has 4 N–H and O–H groups in total. The standard InChI is InChI=1S/C25H29N17O4/c1-8-46-22(44)15-10-29-40(6)21(15)36-34-17-12(3)38-42(19(17)27)24-30-23(31-25(32-24)45-7)41-18(26)16(11(2)37-41)33-35-20-14(13(4)43)9-28-39(20)5/h9-10H,8,26-27H2,1-7H3/b35-33+,36-34+. The average molecular weight is 632 g/mol. The van der Waals surface area contributed by atoms with Gasteiger partial charge in [0, 0.05) is 14.1 Å². The quantitative estimate of drug-likeness (QED) is 0.128. The Kier molecular flexibility index (Phi) is 8.29. The van der Waals surface area contributed by atoms with Gasteiger partial charge < -0.3 is 20.9 Å². The second-order valence-electron chi connectivity index (χ2n) is 9.57. The number of aromatic nitrogens is 11. The first-order chi connectivity index (χ1) is 21.9. The number of aryl methyl sites for hydroxylation is 4. The van der Waals surface area contributed by atoms with Crippen molar-refractivity contribution < 1.29 is 19.1 Å². The van der Waals surface area contributed by atoms with Crippen LogP contribution >= 0.6 is 0 Å². The third kappa shape index (κ3) is 5.62. The molecule has 0 saturated carbocycles. The summed E-state index contributed by atoms with van der Waals surface area (Å²) in [5.74, 6) is -0.425. The van der Waals surface area contributed by atoms with Crippen molar-refractivity contribution in [2.75, 3.05) is 25.2 Å². The number of methoxy groups -OCH3 is 1. The number of ketones is 1. The van der Waals surface area contributed by atoms with E-state index in [4.69, 9.17) is 20.9 Å². The summed E-state index contributed by atoms with van der Waals surface area (Å²) in [6, 6.07) is -0.0959. The van der Waals surface area contributed by atoms with Gasteiger partial charge in [-0.3, -0.25) is 4.79 Å². The summed E-state index contributed by atoms with van der Waals surface area (Å²) in [7, 11) is 4.61. The zero-order valence-electron chi connectivity index (χ0n) is 25.9. The van der Waals surface area contributed by atoms with E-state index in [-0.39, 0.29) is 70.5 Å². The number of azo groups is 2. The van der Waals surface area contributed by atoms with Gasteiger partial charge in [-0.2, -0.15) is 44.7 Å². The van der Waals surface area contributed by atoms with Gasteiger partial charge in [-0.05, 0) is 27.7 Å². The molecule has 5 heterocycles. The Morgan fingerprint density at radius 2 is 1.28 bits per heavy atom. The van der Waals surface area contributed by atoms with Crippen LogP contribution in [0.1, 0.15) is 46.0 Å². The van der Waals surface area contributed by atoms with Crippen molar-refractivity contribution in [3.05, 3.63) is 34.9 Å². The van der Waals surface area contributed by atoms with E-state index in [1.807, 2.05) is 0 Å². The maximum atomic E-state index is 12.3. The molecule has 0 radical (unpaired) electrons. The number of Topliss-reactive ketones (excluding diaryl/α,β-unsaturated/α-hetero) is 1. The Morgan fingerprint density at radius 1 is 0.804 bits per heavy atom. The fraction of sp³-hybridized carbons (Fsp3) is 0.320. The second-order valence-corrected chi connectivity index (χ2v) is 9.57. The molecule has 0 unspecified atom stereocenters. The summed E-state index contributed by atoms with van der Waals surface area (Å²) in [5.41, 5.74) is 14.4. The Balaban J connectivity index is 1.52. The molecular weight excluding hydrogens is 602 g/mol. The Morgan fingerprint density at radius 3 is 1.74 bits per heavy atom. The minimum Gasteiger partial charge on any atom is -0.467 e. The molecule has 0 aromatic carbocycles. The van der Waals surface area contributed by atoms with Crippen molar-refractivity contribution in [2.24, 2.45) is 34.6 Å². The van der Waals surface area contributed by atoms with Crippen LogP contribution in [-0.4, -0.2) is 79.5 Å². The number of hydrogen-bond donors (Lipinski definition) is 2. The Bertz CT molecular complexity index is 2030. The van der Waals surface area contributed by atoms with Crippen molar-refractivity contribution in [3.8, 4) is 17.9 Å². The summed E-state index contributed by atoms with van der Waals surface area (Å²) in [6.45, 7) is 6.60. The lowest BCUT2D eigenvalue weighted by Crippen LogP contribution is -2.14. The number of nitrogens with two attached hydrogens (primary N) is 2. The number of anilines is 2. The predicted molar refractivity (Wildman–Crippen MR) is 160 cm³/mol. The van der Waals surface area contributed by atoms with Gasteiger partial charge in [-0.25, -0.2) is 14.2 Å². The van der Waals surface area contributed by atoms with Crippen LogP contribution in [0.15, 0.2) is 32.9 Å². The monoisotopic (exact) mass is 631 g/mol. The highest BCUT2D eigenvalue weighted by Crippen LogP contribution is 2.33. The molecule has 0 bridgehead atoms.